The van der Waals surface area contributed by atoms with Crippen LogP contribution in [0.1, 0.15) is 4.88 Å². The molecule has 5 heterocycles. The van der Waals surface area contributed by atoms with Crippen molar-refractivity contribution < 1.29 is 14.6 Å². The Labute approximate surface area is 194 Å². The number of aliphatic hydroxyl groups is 1. The van der Waals surface area contributed by atoms with Gasteiger partial charge < -0.3 is 20.5 Å². The molecule has 1 unspecified atom stereocenters. The molecule has 12 heteroatoms. The number of fused-ring (bicyclic) bond motifs is 1. The van der Waals surface area contributed by atoms with E-state index in [0.717, 1.165) is 54.3 Å². The van der Waals surface area contributed by atoms with Crippen molar-refractivity contribution in [2.24, 2.45) is 0 Å². The maximum Gasteiger partial charge on any atom is 0.219 e. The molecule has 33 heavy (non-hydrogen) atoms. The minimum atomic E-state index is -1.02. The highest BCUT2D eigenvalue weighted by Crippen LogP contribution is 2.34. The number of nitrogens with two attached hydrogens (primary N) is 1. The van der Waals surface area contributed by atoms with E-state index in [1.165, 1.54) is 4.88 Å². The van der Waals surface area contributed by atoms with Gasteiger partial charge in [-0.1, -0.05) is 0 Å². The molecule has 2 aliphatic heterocycles. The number of piperazine rings is 1. The zero-order valence-electron chi connectivity index (χ0n) is 18.1. The number of hydrogen-bond donors (Lipinski definition) is 2. The summed E-state index contributed by atoms with van der Waals surface area (Å²) >= 11 is 1.66. The Morgan fingerprint density at radius 2 is 1.85 bits per heavy atom. The van der Waals surface area contributed by atoms with Gasteiger partial charge in [0.1, 0.15) is 10.6 Å². The molecule has 5 rings (SSSR count). The van der Waals surface area contributed by atoms with Gasteiger partial charge in [-0.05, 0) is 6.07 Å². The number of carbonyl (C=O) groups excluding carboxylic acids is 1. The van der Waals surface area contributed by atoms with Crippen molar-refractivity contribution in [1.82, 2.24) is 29.7 Å². The summed E-state index contributed by atoms with van der Waals surface area (Å²) in [7, 11) is 0. The Morgan fingerprint density at radius 3 is 2.55 bits per heavy atom. The highest BCUT2D eigenvalue weighted by molar-refractivity contribution is 7.18. The zero-order chi connectivity index (χ0) is 22.8. The first-order valence-corrected chi connectivity index (χ1v) is 11.7. The Morgan fingerprint density at radius 1 is 1.12 bits per heavy atom. The molecule has 0 aliphatic carbocycles. The summed E-state index contributed by atoms with van der Waals surface area (Å²) in [5, 5.41) is 10.8. The number of rotatable bonds is 6. The van der Waals surface area contributed by atoms with E-state index in [-0.39, 0.29) is 5.95 Å². The van der Waals surface area contributed by atoms with Crippen molar-refractivity contribution in [3.8, 4) is 11.4 Å². The smallest absolute Gasteiger partial charge is 0.219 e. The van der Waals surface area contributed by atoms with Gasteiger partial charge in [0.05, 0.1) is 24.2 Å². The average Bonchev–Trinajstić information content (AvgIpc) is 3.26. The molecule has 3 aromatic heterocycles. The third kappa shape index (κ3) is 4.80. The highest BCUT2D eigenvalue weighted by atomic mass is 32.1. The fourth-order valence-corrected chi connectivity index (χ4v) is 5.19. The minimum Gasteiger partial charge on any atom is -0.378 e. The Kier molecular flexibility index (Phi) is 6.42. The second-order valence-electron chi connectivity index (χ2n) is 8.09. The zero-order valence-corrected chi connectivity index (χ0v) is 18.9. The van der Waals surface area contributed by atoms with E-state index < -0.39 is 6.23 Å². The Balaban J connectivity index is 1.43. The van der Waals surface area contributed by atoms with Gasteiger partial charge in [-0.15, -0.1) is 11.3 Å². The lowest BCUT2D eigenvalue weighted by molar-refractivity contribution is -0.125. The van der Waals surface area contributed by atoms with Crippen molar-refractivity contribution >= 4 is 39.6 Å². The fraction of sp³-hybridized carbons (Fsp3) is 0.476. The van der Waals surface area contributed by atoms with Gasteiger partial charge in [0.2, 0.25) is 5.95 Å². The van der Waals surface area contributed by atoms with Gasteiger partial charge >= 0.3 is 0 Å². The molecular formula is C21H26N8O3S. The van der Waals surface area contributed by atoms with Crippen molar-refractivity contribution in [2.45, 2.75) is 12.8 Å². The lowest BCUT2D eigenvalue weighted by Gasteiger charge is -2.35. The van der Waals surface area contributed by atoms with Gasteiger partial charge in [-0.25, -0.2) is 19.9 Å². The first-order valence-electron chi connectivity index (χ1n) is 10.9. The van der Waals surface area contributed by atoms with Gasteiger partial charge in [-0.2, -0.15) is 0 Å². The summed E-state index contributed by atoms with van der Waals surface area (Å²) in [6, 6.07) is 2.18. The molecule has 3 aromatic rings. The molecule has 0 amide bonds. The molecule has 0 spiro atoms. The third-order valence-corrected chi connectivity index (χ3v) is 6.96. The van der Waals surface area contributed by atoms with Crippen LogP contribution in [0.15, 0.2) is 18.5 Å². The monoisotopic (exact) mass is 470 g/mol. The van der Waals surface area contributed by atoms with Gasteiger partial charge in [0.25, 0.3) is 0 Å². The topological polar surface area (TPSA) is 134 Å². The van der Waals surface area contributed by atoms with E-state index in [1.807, 2.05) is 0 Å². The van der Waals surface area contributed by atoms with Gasteiger partial charge in [-0.3, -0.25) is 14.6 Å². The van der Waals surface area contributed by atoms with Gasteiger partial charge in [0.15, 0.2) is 18.3 Å². The molecule has 0 radical (unpaired) electrons. The van der Waals surface area contributed by atoms with Crippen molar-refractivity contribution in [1.29, 1.82) is 0 Å². The molecule has 11 nitrogen and oxygen atoms in total. The number of ether oxygens (including phenoxy) is 1. The molecule has 2 aliphatic rings. The molecule has 3 N–H and O–H groups in total. The van der Waals surface area contributed by atoms with E-state index in [1.54, 1.807) is 28.6 Å². The predicted octanol–water partition coefficient (Wildman–Crippen LogP) is 0.202. The van der Waals surface area contributed by atoms with Crippen LogP contribution in [-0.2, 0) is 16.1 Å². The first-order chi connectivity index (χ1) is 16.1. The van der Waals surface area contributed by atoms with Crippen LogP contribution >= 0.6 is 11.3 Å². The number of nitrogens with zero attached hydrogens (tertiary/aromatic N) is 7. The molecule has 174 valence electrons. The quantitative estimate of drug-likeness (QED) is 0.479. The van der Waals surface area contributed by atoms with Crippen molar-refractivity contribution in [2.75, 3.05) is 63.1 Å². The number of anilines is 2. The number of aromatic nitrogens is 4. The number of morpholine rings is 1. The largest absolute Gasteiger partial charge is 0.378 e. The van der Waals surface area contributed by atoms with Gasteiger partial charge in [0, 0.05) is 63.1 Å². The number of carbonyl (C=O) groups is 1. The van der Waals surface area contributed by atoms with Crippen LogP contribution in [0.25, 0.3) is 21.6 Å². The summed E-state index contributed by atoms with van der Waals surface area (Å²) in [6.07, 6.45) is 2.86. The summed E-state index contributed by atoms with van der Waals surface area (Å²) in [5.74, 6) is 1.69. The van der Waals surface area contributed by atoms with Crippen LogP contribution in [0.4, 0.5) is 11.8 Å². The first kappa shape index (κ1) is 22.0. The molecule has 0 saturated carbocycles. The van der Waals surface area contributed by atoms with Crippen molar-refractivity contribution in [3.63, 3.8) is 0 Å². The minimum absolute atomic E-state index is 0.215. The SMILES string of the molecule is Nc1ncc(-c2nc(N3CCOCC3)c3cc(CN4CCN(C(O)C=O)CC4)sc3n2)cn1. The lowest BCUT2D eigenvalue weighted by Crippen LogP contribution is -2.50. The number of aldehydes is 1. The molecule has 2 fully saturated rings. The molecular weight excluding hydrogens is 444 g/mol. The van der Waals surface area contributed by atoms with Crippen LogP contribution in [-0.4, -0.2) is 99.8 Å². The summed E-state index contributed by atoms with van der Waals surface area (Å²) < 4.78 is 5.53. The van der Waals surface area contributed by atoms with E-state index in [4.69, 9.17) is 20.4 Å². The maximum absolute atomic E-state index is 10.8. The van der Waals surface area contributed by atoms with Crippen molar-refractivity contribution in [3.05, 3.63) is 23.3 Å². The van der Waals surface area contributed by atoms with Crippen LogP contribution < -0.4 is 10.6 Å². The van der Waals surface area contributed by atoms with Crippen LogP contribution in [0.5, 0.6) is 0 Å². The highest BCUT2D eigenvalue weighted by Gasteiger charge is 2.24. The Bertz CT molecular complexity index is 1110. The summed E-state index contributed by atoms with van der Waals surface area (Å²) in [6.45, 7) is 6.56. The van der Waals surface area contributed by atoms with E-state index in [0.29, 0.717) is 38.4 Å². The second kappa shape index (κ2) is 9.61. The number of thiophene rings is 1. The number of aliphatic hydroxyl groups excluding tert-OH is 1. The molecule has 0 bridgehead atoms. The maximum atomic E-state index is 10.8. The average molecular weight is 471 g/mol. The fourth-order valence-electron chi connectivity index (χ4n) is 4.13. The molecule has 2 saturated heterocycles. The van der Waals surface area contributed by atoms with E-state index in [2.05, 4.69) is 25.8 Å². The molecule has 1 atom stereocenters. The third-order valence-electron chi connectivity index (χ3n) is 5.95. The standard InChI is InChI=1S/C21H26N8O3S/c22-21-23-10-14(11-24-21)18-25-19(29-5-7-32-8-6-29)16-9-15(33-20(16)26-18)12-27-1-3-28(4-2-27)17(31)13-30/h9-11,13,17,31H,1-8,12H2,(H2,22,23,24). The predicted molar refractivity (Wildman–Crippen MR) is 125 cm³/mol. The number of hydrogen-bond acceptors (Lipinski definition) is 12. The van der Waals surface area contributed by atoms with Crippen LogP contribution in [0.3, 0.4) is 0 Å². The van der Waals surface area contributed by atoms with Crippen LogP contribution in [0.2, 0.25) is 0 Å². The van der Waals surface area contributed by atoms with E-state index >= 15 is 0 Å². The van der Waals surface area contributed by atoms with Crippen LogP contribution in [0, 0.1) is 0 Å². The second-order valence-corrected chi connectivity index (χ2v) is 9.21. The lowest BCUT2D eigenvalue weighted by atomic mass is 10.2. The molecule has 0 aromatic carbocycles. The number of nitrogen functional groups attached to an aromatic ring is 1. The summed E-state index contributed by atoms with van der Waals surface area (Å²) in [4.78, 5) is 37.2. The summed E-state index contributed by atoms with van der Waals surface area (Å²) in [5.41, 5.74) is 6.37. The normalized spacial score (nSPS) is 19.1. The van der Waals surface area contributed by atoms with E-state index in [9.17, 15) is 9.90 Å². The Hall–Kier alpha value is -2.77.